The lowest BCUT2D eigenvalue weighted by molar-refractivity contribution is -0.115. The highest BCUT2D eigenvalue weighted by Crippen LogP contribution is 2.21. The molecule has 0 aliphatic carbocycles. The summed E-state index contributed by atoms with van der Waals surface area (Å²) in [7, 11) is 2.04. The summed E-state index contributed by atoms with van der Waals surface area (Å²) in [5.41, 5.74) is 1.11. The average Bonchev–Trinajstić information content (AvgIpc) is 2.14. The third-order valence-electron chi connectivity index (χ3n) is 1.86. The van der Waals surface area contributed by atoms with Crippen molar-refractivity contribution in [1.29, 1.82) is 0 Å². The van der Waals surface area contributed by atoms with Gasteiger partial charge < -0.3 is 10.6 Å². The fourth-order valence-electron chi connectivity index (χ4n) is 1.32. The van der Waals surface area contributed by atoms with E-state index in [0.717, 1.165) is 0 Å². The van der Waals surface area contributed by atoms with Crippen molar-refractivity contribution in [3.63, 3.8) is 0 Å². The van der Waals surface area contributed by atoms with Crippen molar-refractivity contribution in [3.05, 3.63) is 23.8 Å². The Morgan fingerprint density at radius 2 is 1.35 bits per heavy atom. The molecule has 0 aromatic heterocycles. The number of rotatable bonds is 3. The maximum atomic E-state index is 11.3. The fraction of sp³-hybridized carbons (Fsp3) is 0.182. The van der Waals surface area contributed by atoms with E-state index in [2.05, 4.69) is 10.6 Å². The molecule has 0 saturated heterocycles. The molecular weight excluding hydrogens is 239 g/mol. The van der Waals surface area contributed by atoms with Crippen molar-refractivity contribution >= 4 is 38.0 Å². The molecule has 6 heteroatoms. The molecule has 90 valence electrons. The van der Waals surface area contributed by atoms with Gasteiger partial charge in [0.05, 0.1) is 0 Å². The van der Waals surface area contributed by atoms with E-state index in [0.29, 0.717) is 16.9 Å². The Morgan fingerprint density at radius 1 is 0.941 bits per heavy atom. The molecule has 17 heavy (non-hydrogen) atoms. The first-order valence-corrected chi connectivity index (χ1v) is 5.46. The molecule has 5 nitrogen and oxygen atoms in total. The van der Waals surface area contributed by atoms with Crippen LogP contribution in [0.15, 0.2) is 18.2 Å². The standard InChI is InChI=1S/C11H13N2O3P/c1-6(14)12-9-3-8(11(16)17)4-10(5-9)13-7(2)15/h3-5H,17H2,1-2H3,(H,12,14)(H,13,15). The number of carbonyl (C=O) groups is 3. The summed E-state index contributed by atoms with van der Waals surface area (Å²) in [6, 6.07) is 4.67. The van der Waals surface area contributed by atoms with Gasteiger partial charge in [0.15, 0.2) is 5.52 Å². The van der Waals surface area contributed by atoms with Crippen molar-refractivity contribution < 1.29 is 14.4 Å². The molecule has 0 radical (unpaired) electrons. The minimum atomic E-state index is -0.243. The Bertz CT molecular complexity index is 451. The largest absolute Gasteiger partial charge is 0.326 e. The van der Waals surface area contributed by atoms with Crippen LogP contribution in [0.5, 0.6) is 0 Å². The molecule has 0 spiro atoms. The number of hydrogen-bond acceptors (Lipinski definition) is 3. The Hall–Kier alpha value is -1.74. The van der Waals surface area contributed by atoms with Crippen LogP contribution >= 0.6 is 9.24 Å². The molecule has 2 N–H and O–H groups in total. The average molecular weight is 252 g/mol. The number of carbonyl (C=O) groups excluding carboxylic acids is 3. The van der Waals surface area contributed by atoms with Crippen LogP contribution in [0.3, 0.4) is 0 Å². The second-order valence-electron chi connectivity index (χ2n) is 3.53. The molecule has 1 atom stereocenters. The molecule has 0 bridgehead atoms. The SMILES string of the molecule is CC(=O)Nc1cc(NC(C)=O)cc(C(=O)P)c1. The van der Waals surface area contributed by atoms with E-state index in [1.165, 1.54) is 13.8 Å². The lowest BCUT2D eigenvalue weighted by atomic mass is 10.2. The van der Waals surface area contributed by atoms with E-state index >= 15 is 0 Å². The molecule has 0 saturated carbocycles. The zero-order chi connectivity index (χ0) is 13.0. The Labute approximate surface area is 101 Å². The smallest absolute Gasteiger partial charge is 0.221 e. The summed E-state index contributed by atoms with van der Waals surface area (Å²) in [5.74, 6) is -0.487. The zero-order valence-electron chi connectivity index (χ0n) is 9.53. The summed E-state index contributed by atoms with van der Waals surface area (Å²) in [4.78, 5) is 33.1. The van der Waals surface area contributed by atoms with Gasteiger partial charge in [-0.3, -0.25) is 14.4 Å². The summed E-state index contributed by atoms with van der Waals surface area (Å²) >= 11 is 0. The quantitative estimate of drug-likeness (QED) is 0.802. The van der Waals surface area contributed by atoms with E-state index in [-0.39, 0.29) is 17.3 Å². The van der Waals surface area contributed by atoms with Crippen molar-refractivity contribution in [3.8, 4) is 0 Å². The molecule has 0 aliphatic rings. The highest BCUT2D eigenvalue weighted by molar-refractivity contribution is 7.41. The minimum absolute atomic E-state index is 0.219. The molecule has 0 heterocycles. The molecule has 2 amide bonds. The lowest BCUT2D eigenvalue weighted by Crippen LogP contribution is -2.10. The second kappa shape index (κ2) is 5.55. The van der Waals surface area contributed by atoms with Gasteiger partial charge in [0, 0.05) is 30.8 Å². The van der Waals surface area contributed by atoms with Crippen LogP contribution in [0.1, 0.15) is 24.2 Å². The van der Waals surface area contributed by atoms with Crippen LogP contribution < -0.4 is 10.6 Å². The van der Waals surface area contributed by atoms with Crippen LogP contribution in [0.2, 0.25) is 0 Å². The summed E-state index contributed by atoms with van der Waals surface area (Å²) in [5, 5.41) is 5.12. The number of amides is 2. The van der Waals surface area contributed by atoms with Crippen LogP contribution in [0.25, 0.3) is 0 Å². The zero-order valence-corrected chi connectivity index (χ0v) is 10.7. The highest BCUT2D eigenvalue weighted by Gasteiger charge is 2.06. The van der Waals surface area contributed by atoms with E-state index in [9.17, 15) is 14.4 Å². The van der Waals surface area contributed by atoms with E-state index < -0.39 is 0 Å². The molecule has 0 fully saturated rings. The highest BCUT2D eigenvalue weighted by atomic mass is 31.0. The maximum absolute atomic E-state index is 11.3. The van der Waals surface area contributed by atoms with Gasteiger partial charge >= 0.3 is 0 Å². The van der Waals surface area contributed by atoms with Crippen molar-refractivity contribution in [2.24, 2.45) is 0 Å². The van der Waals surface area contributed by atoms with Crippen LogP contribution in [-0.4, -0.2) is 17.3 Å². The predicted molar refractivity (Wildman–Crippen MR) is 69.1 cm³/mol. The first-order chi connectivity index (χ1) is 7.88. The van der Waals surface area contributed by atoms with Gasteiger partial charge in [0.25, 0.3) is 0 Å². The van der Waals surface area contributed by atoms with Crippen LogP contribution in [0.4, 0.5) is 11.4 Å². The molecule has 1 unspecified atom stereocenters. The molecule has 1 rings (SSSR count). The minimum Gasteiger partial charge on any atom is -0.326 e. The Balaban J connectivity index is 3.13. The van der Waals surface area contributed by atoms with Gasteiger partial charge in [-0.15, -0.1) is 0 Å². The third-order valence-corrected chi connectivity index (χ3v) is 2.19. The normalized spacial score (nSPS) is 9.59. The van der Waals surface area contributed by atoms with Gasteiger partial charge in [0.2, 0.25) is 11.8 Å². The summed E-state index contributed by atoms with van der Waals surface area (Å²) in [6.07, 6.45) is 0. The van der Waals surface area contributed by atoms with Gasteiger partial charge in [-0.05, 0) is 18.2 Å². The van der Waals surface area contributed by atoms with Crippen molar-refractivity contribution in [2.45, 2.75) is 13.8 Å². The van der Waals surface area contributed by atoms with Crippen LogP contribution in [0, 0.1) is 0 Å². The first kappa shape index (κ1) is 13.3. The molecule has 1 aromatic carbocycles. The fourth-order valence-corrected chi connectivity index (χ4v) is 1.49. The first-order valence-electron chi connectivity index (χ1n) is 4.88. The molecule has 1 aromatic rings. The summed E-state index contributed by atoms with van der Waals surface area (Å²) in [6.45, 7) is 2.74. The number of benzene rings is 1. The molecule has 0 aliphatic heterocycles. The molecular formula is C11H13N2O3P. The van der Waals surface area contributed by atoms with E-state index in [1.807, 2.05) is 9.24 Å². The van der Waals surface area contributed by atoms with Gasteiger partial charge in [-0.1, -0.05) is 9.24 Å². The van der Waals surface area contributed by atoms with Gasteiger partial charge in [-0.25, -0.2) is 0 Å². The van der Waals surface area contributed by atoms with E-state index in [1.54, 1.807) is 18.2 Å². The van der Waals surface area contributed by atoms with E-state index in [4.69, 9.17) is 0 Å². The topological polar surface area (TPSA) is 75.3 Å². The van der Waals surface area contributed by atoms with Gasteiger partial charge in [0.1, 0.15) is 0 Å². The number of nitrogens with one attached hydrogen (secondary N) is 2. The lowest BCUT2D eigenvalue weighted by Gasteiger charge is -2.08. The monoisotopic (exact) mass is 252 g/mol. The van der Waals surface area contributed by atoms with Crippen LogP contribution in [-0.2, 0) is 9.59 Å². The third kappa shape index (κ3) is 4.33. The summed E-state index contributed by atoms with van der Waals surface area (Å²) < 4.78 is 0. The Kier molecular flexibility index (Phi) is 4.35. The number of anilines is 2. The maximum Gasteiger partial charge on any atom is 0.221 e. The van der Waals surface area contributed by atoms with Gasteiger partial charge in [-0.2, -0.15) is 0 Å². The number of hydrogen-bond donors (Lipinski definition) is 2. The van der Waals surface area contributed by atoms with Crippen molar-refractivity contribution in [1.82, 2.24) is 0 Å². The van der Waals surface area contributed by atoms with Crippen molar-refractivity contribution in [2.75, 3.05) is 10.6 Å². The second-order valence-corrected chi connectivity index (χ2v) is 4.05. The predicted octanol–water partition coefficient (Wildman–Crippen LogP) is 1.62. The Morgan fingerprint density at radius 3 is 1.65 bits per heavy atom.